The average Bonchev–Trinajstić information content (AvgIpc) is 2.35. The average molecular weight is 291 g/mol. The van der Waals surface area contributed by atoms with Crippen molar-refractivity contribution in [2.24, 2.45) is 5.73 Å². The third kappa shape index (κ3) is 5.87. The van der Waals surface area contributed by atoms with E-state index < -0.39 is 11.7 Å². The normalized spacial score (nSPS) is 15.3. The molecular formula is C14H20F3NS. The van der Waals surface area contributed by atoms with E-state index in [0.29, 0.717) is 17.2 Å². The summed E-state index contributed by atoms with van der Waals surface area (Å²) in [5.41, 5.74) is 6.01. The minimum atomic E-state index is -4.29. The third-order valence-electron chi connectivity index (χ3n) is 2.92. The summed E-state index contributed by atoms with van der Waals surface area (Å²) in [4.78, 5) is 0. The summed E-state index contributed by atoms with van der Waals surface area (Å²) >= 11 is 1.77. The summed E-state index contributed by atoms with van der Waals surface area (Å²) in [6.45, 7) is 4.23. The quantitative estimate of drug-likeness (QED) is 0.853. The van der Waals surface area contributed by atoms with E-state index in [2.05, 4.69) is 13.8 Å². The highest BCUT2D eigenvalue weighted by atomic mass is 32.2. The van der Waals surface area contributed by atoms with Gasteiger partial charge in [0.25, 0.3) is 0 Å². The monoisotopic (exact) mass is 291 g/mol. The summed E-state index contributed by atoms with van der Waals surface area (Å²) in [6, 6.07) is 5.30. The van der Waals surface area contributed by atoms with Crippen LogP contribution in [0.4, 0.5) is 13.2 Å². The Morgan fingerprint density at radius 3 is 2.58 bits per heavy atom. The van der Waals surface area contributed by atoms with Crippen molar-refractivity contribution < 1.29 is 13.2 Å². The lowest BCUT2D eigenvalue weighted by molar-refractivity contribution is -0.137. The second-order valence-electron chi connectivity index (χ2n) is 4.71. The van der Waals surface area contributed by atoms with Crippen LogP contribution in [0.1, 0.15) is 31.4 Å². The zero-order chi connectivity index (χ0) is 14.5. The van der Waals surface area contributed by atoms with Crippen molar-refractivity contribution in [1.82, 2.24) is 0 Å². The van der Waals surface area contributed by atoms with E-state index >= 15 is 0 Å². The Bertz CT molecular complexity index is 393. The van der Waals surface area contributed by atoms with Gasteiger partial charge in [-0.25, -0.2) is 0 Å². The number of benzene rings is 1. The Hall–Kier alpha value is -0.680. The topological polar surface area (TPSA) is 26.0 Å². The molecule has 0 aliphatic rings. The minimum absolute atomic E-state index is 0.109. The van der Waals surface area contributed by atoms with Gasteiger partial charge in [-0.1, -0.05) is 32.0 Å². The van der Waals surface area contributed by atoms with Gasteiger partial charge in [-0.15, -0.1) is 0 Å². The van der Waals surface area contributed by atoms with Gasteiger partial charge in [-0.2, -0.15) is 24.9 Å². The maximum atomic E-state index is 12.6. The standard InChI is InChI=1S/C14H20F3NS/c1-3-10(2)19-9-13(18)8-11-5-4-6-12(7-11)14(15,16)17/h4-7,10,13H,3,8-9,18H2,1-2H3. The zero-order valence-corrected chi connectivity index (χ0v) is 12.0. The van der Waals surface area contributed by atoms with E-state index in [1.165, 1.54) is 12.1 Å². The molecule has 1 aromatic carbocycles. The van der Waals surface area contributed by atoms with Crippen LogP contribution in [0.3, 0.4) is 0 Å². The zero-order valence-electron chi connectivity index (χ0n) is 11.2. The molecule has 19 heavy (non-hydrogen) atoms. The van der Waals surface area contributed by atoms with E-state index in [9.17, 15) is 13.2 Å². The van der Waals surface area contributed by atoms with Crippen molar-refractivity contribution in [3.63, 3.8) is 0 Å². The molecule has 1 aromatic rings. The molecule has 2 atom stereocenters. The van der Waals surface area contributed by atoms with Gasteiger partial charge in [-0.3, -0.25) is 0 Å². The summed E-state index contributed by atoms with van der Waals surface area (Å²) in [6.07, 6.45) is -2.74. The van der Waals surface area contributed by atoms with Gasteiger partial charge < -0.3 is 5.73 Å². The van der Waals surface area contributed by atoms with Gasteiger partial charge in [0.2, 0.25) is 0 Å². The van der Waals surface area contributed by atoms with Crippen molar-refractivity contribution in [3.05, 3.63) is 35.4 Å². The lowest BCUT2D eigenvalue weighted by Crippen LogP contribution is -2.26. The van der Waals surface area contributed by atoms with E-state index in [-0.39, 0.29) is 6.04 Å². The lowest BCUT2D eigenvalue weighted by atomic mass is 10.0. The van der Waals surface area contributed by atoms with Crippen molar-refractivity contribution in [1.29, 1.82) is 0 Å². The molecule has 0 radical (unpaired) electrons. The summed E-state index contributed by atoms with van der Waals surface area (Å²) in [5.74, 6) is 0.769. The molecule has 108 valence electrons. The summed E-state index contributed by atoms with van der Waals surface area (Å²) < 4.78 is 37.7. The fourth-order valence-corrected chi connectivity index (χ4v) is 2.57. The van der Waals surface area contributed by atoms with Gasteiger partial charge in [0.15, 0.2) is 0 Å². The van der Waals surface area contributed by atoms with E-state index in [4.69, 9.17) is 5.73 Å². The van der Waals surface area contributed by atoms with E-state index in [1.807, 2.05) is 0 Å². The van der Waals surface area contributed by atoms with Crippen LogP contribution in [-0.4, -0.2) is 17.0 Å². The van der Waals surface area contributed by atoms with Gasteiger partial charge in [0.05, 0.1) is 5.56 Å². The molecule has 0 aromatic heterocycles. The van der Waals surface area contributed by atoms with Crippen LogP contribution >= 0.6 is 11.8 Å². The molecule has 0 aliphatic heterocycles. The van der Waals surface area contributed by atoms with Crippen LogP contribution in [0.15, 0.2) is 24.3 Å². The fraction of sp³-hybridized carbons (Fsp3) is 0.571. The number of thioether (sulfide) groups is 1. The van der Waals surface area contributed by atoms with E-state index in [1.54, 1.807) is 17.8 Å². The van der Waals surface area contributed by atoms with Crippen LogP contribution in [-0.2, 0) is 12.6 Å². The maximum Gasteiger partial charge on any atom is 0.416 e. The molecule has 0 saturated carbocycles. The highest BCUT2D eigenvalue weighted by molar-refractivity contribution is 7.99. The molecule has 0 fully saturated rings. The van der Waals surface area contributed by atoms with Crippen molar-refractivity contribution in [2.45, 2.75) is 44.2 Å². The Labute approximate surface area is 116 Å². The fourth-order valence-electron chi connectivity index (χ4n) is 1.64. The van der Waals surface area contributed by atoms with Crippen molar-refractivity contribution >= 4 is 11.8 Å². The second kappa shape index (κ2) is 7.20. The van der Waals surface area contributed by atoms with Crippen LogP contribution < -0.4 is 5.73 Å². The van der Waals surface area contributed by atoms with Crippen LogP contribution in [0, 0.1) is 0 Å². The van der Waals surface area contributed by atoms with Gasteiger partial charge in [-0.05, 0) is 24.5 Å². The van der Waals surface area contributed by atoms with Crippen LogP contribution in [0.2, 0.25) is 0 Å². The molecular weight excluding hydrogens is 271 g/mol. The van der Waals surface area contributed by atoms with Crippen LogP contribution in [0.25, 0.3) is 0 Å². The molecule has 1 rings (SSSR count). The molecule has 5 heteroatoms. The number of halogens is 3. The molecule has 0 amide bonds. The smallest absolute Gasteiger partial charge is 0.327 e. The lowest BCUT2D eigenvalue weighted by Gasteiger charge is -2.15. The molecule has 0 bridgehead atoms. The Balaban J connectivity index is 2.57. The highest BCUT2D eigenvalue weighted by Crippen LogP contribution is 2.29. The number of hydrogen-bond donors (Lipinski definition) is 1. The predicted octanol–water partition coefficient (Wildman–Crippen LogP) is 4.11. The number of hydrogen-bond acceptors (Lipinski definition) is 2. The number of rotatable bonds is 6. The summed E-state index contributed by atoms with van der Waals surface area (Å²) in [5, 5.41) is 0.535. The Morgan fingerprint density at radius 2 is 2.00 bits per heavy atom. The first-order chi connectivity index (χ1) is 8.82. The van der Waals surface area contributed by atoms with Gasteiger partial charge in [0, 0.05) is 17.0 Å². The minimum Gasteiger partial charge on any atom is -0.327 e. The van der Waals surface area contributed by atoms with Crippen molar-refractivity contribution in [3.8, 4) is 0 Å². The predicted molar refractivity (Wildman–Crippen MR) is 75.3 cm³/mol. The van der Waals surface area contributed by atoms with E-state index in [0.717, 1.165) is 18.2 Å². The molecule has 0 aliphatic carbocycles. The van der Waals surface area contributed by atoms with Crippen molar-refractivity contribution in [2.75, 3.05) is 5.75 Å². The molecule has 1 nitrogen and oxygen atoms in total. The van der Waals surface area contributed by atoms with Gasteiger partial charge >= 0.3 is 6.18 Å². The molecule has 0 saturated heterocycles. The third-order valence-corrected chi connectivity index (χ3v) is 4.44. The first kappa shape index (κ1) is 16.4. The number of alkyl halides is 3. The largest absolute Gasteiger partial charge is 0.416 e. The molecule has 0 heterocycles. The molecule has 0 spiro atoms. The van der Waals surface area contributed by atoms with Crippen LogP contribution in [0.5, 0.6) is 0 Å². The summed E-state index contributed by atoms with van der Waals surface area (Å²) in [7, 11) is 0. The molecule has 2 unspecified atom stereocenters. The second-order valence-corrected chi connectivity index (χ2v) is 6.19. The van der Waals surface area contributed by atoms with Gasteiger partial charge in [0.1, 0.15) is 0 Å². The SMILES string of the molecule is CCC(C)SCC(N)Cc1cccc(C(F)(F)F)c1. The Kier molecular flexibility index (Phi) is 6.20. The first-order valence-electron chi connectivity index (χ1n) is 6.36. The Morgan fingerprint density at radius 1 is 1.32 bits per heavy atom. The number of nitrogens with two attached hydrogens (primary N) is 1. The first-order valence-corrected chi connectivity index (χ1v) is 7.41. The molecule has 2 N–H and O–H groups in total. The highest BCUT2D eigenvalue weighted by Gasteiger charge is 2.30. The maximum absolute atomic E-state index is 12.6.